The normalized spacial score (nSPS) is 18.5. The highest BCUT2D eigenvalue weighted by molar-refractivity contribution is 5.94. The van der Waals surface area contributed by atoms with Crippen molar-refractivity contribution in [2.24, 2.45) is 11.8 Å². The van der Waals surface area contributed by atoms with Crippen LogP contribution in [0.3, 0.4) is 0 Å². The molecule has 1 aliphatic heterocycles. The van der Waals surface area contributed by atoms with Gasteiger partial charge in [-0.2, -0.15) is 0 Å². The standard InChI is InChI=1S/C19H32N2O2/c1-14(2)12-17(22)15-6-9-20(10-7-15)18(23)16-8-11-21(13-16)19(3,4)5/h8,11,13-15,17,22H,6-7,9-10,12H2,1-5H3. The topological polar surface area (TPSA) is 45.5 Å². The monoisotopic (exact) mass is 320 g/mol. The zero-order valence-electron chi connectivity index (χ0n) is 15.2. The van der Waals surface area contributed by atoms with Gasteiger partial charge in [0.25, 0.3) is 5.91 Å². The molecule has 0 aromatic carbocycles. The van der Waals surface area contributed by atoms with E-state index in [1.165, 1.54) is 0 Å². The molecule has 0 aliphatic carbocycles. The predicted octanol–water partition coefficient (Wildman–Crippen LogP) is 3.50. The number of amides is 1. The molecule has 0 bridgehead atoms. The Kier molecular flexibility index (Phi) is 5.56. The number of rotatable bonds is 4. The van der Waals surface area contributed by atoms with Crippen LogP contribution in [-0.4, -0.2) is 39.7 Å². The summed E-state index contributed by atoms with van der Waals surface area (Å²) in [6.07, 6.45) is 6.36. The lowest BCUT2D eigenvalue weighted by atomic mass is 9.87. The second-order valence-corrected chi connectivity index (χ2v) is 8.30. The van der Waals surface area contributed by atoms with Gasteiger partial charge in [-0.15, -0.1) is 0 Å². The first-order valence-corrected chi connectivity index (χ1v) is 8.84. The average Bonchev–Trinajstić information content (AvgIpc) is 2.96. The van der Waals surface area contributed by atoms with Crippen LogP contribution in [0.4, 0.5) is 0 Å². The first-order chi connectivity index (χ1) is 10.7. The number of aromatic nitrogens is 1. The molecule has 0 spiro atoms. The van der Waals surface area contributed by atoms with Crippen molar-refractivity contribution in [3.63, 3.8) is 0 Å². The molecule has 2 rings (SSSR count). The summed E-state index contributed by atoms with van der Waals surface area (Å²) in [6.45, 7) is 12.2. The van der Waals surface area contributed by atoms with Crippen molar-refractivity contribution >= 4 is 5.91 Å². The number of likely N-dealkylation sites (tertiary alicyclic amines) is 1. The van der Waals surface area contributed by atoms with Crippen LogP contribution in [0.25, 0.3) is 0 Å². The largest absolute Gasteiger partial charge is 0.393 e. The number of carbonyl (C=O) groups excluding carboxylic acids is 1. The van der Waals surface area contributed by atoms with Gasteiger partial charge in [-0.05, 0) is 57.9 Å². The molecule has 1 aliphatic rings. The summed E-state index contributed by atoms with van der Waals surface area (Å²) in [7, 11) is 0. The highest BCUT2D eigenvalue weighted by Crippen LogP contribution is 2.26. The van der Waals surface area contributed by atoms with Gasteiger partial charge in [0.15, 0.2) is 0 Å². The number of hydrogen-bond acceptors (Lipinski definition) is 2. The Bertz CT molecular complexity index is 520. The van der Waals surface area contributed by atoms with Crippen LogP contribution in [0.1, 0.15) is 64.2 Å². The van der Waals surface area contributed by atoms with Crippen molar-refractivity contribution in [2.75, 3.05) is 13.1 Å². The SMILES string of the molecule is CC(C)CC(O)C1CCN(C(=O)c2ccn(C(C)(C)C)c2)CC1. The van der Waals surface area contributed by atoms with E-state index in [1.54, 1.807) is 0 Å². The first kappa shape index (κ1) is 18.1. The minimum absolute atomic E-state index is 0.00746. The van der Waals surface area contributed by atoms with E-state index in [1.807, 2.05) is 23.4 Å². The van der Waals surface area contributed by atoms with E-state index in [2.05, 4.69) is 39.2 Å². The highest BCUT2D eigenvalue weighted by atomic mass is 16.3. The lowest BCUT2D eigenvalue weighted by molar-refractivity contribution is 0.0385. The summed E-state index contributed by atoms with van der Waals surface area (Å²) < 4.78 is 2.08. The van der Waals surface area contributed by atoms with Gasteiger partial charge in [-0.1, -0.05) is 13.8 Å². The van der Waals surface area contributed by atoms with Crippen LogP contribution < -0.4 is 0 Å². The summed E-state index contributed by atoms with van der Waals surface area (Å²) in [6, 6.07) is 1.91. The molecule has 2 heterocycles. The predicted molar refractivity (Wildman–Crippen MR) is 93.5 cm³/mol. The van der Waals surface area contributed by atoms with E-state index in [-0.39, 0.29) is 17.6 Å². The first-order valence-electron chi connectivity index (χ1n) is 8.84. The third-order valence-corrected chi connectivity index (χ3v) is 4.80. The molecule has 1 fully saturated rings. The Morgan fingerprint density at radius 1 is 1.30 bits per heavy atom. The van der Waals surface area contributed by atoms with Crippen molar-refractivity contribution in [2.45, 2.75) is 65.5 Å². The molecule has 1 aromatic rings. The highest BCUT2D eigenvalue weighted by Gasteiger charge is 2.28. The van der Waals surface area contributed by atoms with E-state index >= 15 is 0 Å². The molecule has 4 nitrogen and oxygen atoms in total. The van der Waals surface area contributed by atoms with Gasteiger partial charge >= 0.3 is 0 Å². The zero-order valence-corrected chi connectivity index (χ0v) is 15.2. The van der Waals surface area contributed by atoms with Crippen LogP contribution in [0.5, 0.6) is 0 Å². The maximum absolute atomic E-state index is 12.6. The maximum Gasteiger partial charge on any atom is 0.255 e. The summed E-state index contributed by atoms with van der Waals surface area (Å²) in [5, 5.41) is 10.3. The fourth-order valence-electron chi connectivity index (χ4n) is 3.29. The fourth-order valence-corrected chi connectivity index (χ4v) is 3.29. The Morgan fingerprint density at radius 2 is 1.91 bits per heavy atom. The minimum Gasteiger partial charge on any atom is -0.393 e. The van der Waals surface area contributed by atoms with E-state index in [0.717, 1.165) is 37.9 Å². The number of aliphatic hydroxyl groups is 1. The van der Waals surface area contributed by atoms with Crippen molar-refractivity contribution in [1.29, 1.82) is 0 Å². The zero-order chi connectivity index (χ0) is 17.2. The lowest BCUT2D eigenvalue weighted by Crippen LogP contribution is -2.41. The average molecular weight is 320 g/mol. The van der Waals surface area contributed by atoms with Gasteiger partial charge in [0.2, 0.25) is 0 Å². The van der Waals surface area contributed by atoms with E-state index in [9.17, 15) is 9.90 Å². The molecule has 1 unspecified atom stereocenters. The molecule has 4 heteroatoms. The van der Waals surface area contributed by atoms with Crippen LogP contribution in [-0.2, 0) is 5.54 Å². The molecule has 23 heavy (non-hydrogen) atoms. The molecule has 0 radical (unpaired) electrons. The molecule has 0 saturated carbocycles. The lowest BCUT2D eigenvalue weighted by Gasteiger charge is -2.34. The van der Waals surface area contributed by atoms with Crippen molar-refractivity contribution in [1.82, 2.24) is 9.47 Å². The van der Waals surface area contributed by atoms with E-state index in [4.69, 9.17) is 0 Å². The maximum atomic E-state index is 12.6. The van der Waals surface area contributed by atoms with E-state index < -0.39 is 0 Å². The molecule has 1 aromatic heterocycles. The molecular formula is C19H32N2O2. The minimum atomic E-state index is -0.228. The van der Waals surface area contributed by atoms with Crippen LogP contribution >= 0.6 is 0 Å². The smallest absolute Gasteiger partial charge is 0.255 e. The fraction of sp³-hybridized carbons (Fsp3) is 0.737. The second-order valence-electron chi connectivity index (χ2n) is 8.30. The Hall–Kier alpha value is -1.29. The van der Waals surface area contributed by atoms with Crippen molar-refractivity contribution < 1.29 is 9.90 Å². The number of nitrogens with zero attached hydrogens (tertiary/aromatic N) is 2. The van der Waals surface area contributed by atoms with E-state index in [0.29, 0.717) is 11.8 Å². The summed E-state index contributed by atoms with van der Waals surface area (Å²) >= 11 is 0. The Balaban J connectivity index is 1.92. The van der Waals surface area contributed by atoms with Crippen molar-refractivity contribution in [3.8, 4) is 0 Å². The van der Waals surface area contributed by atoms with Gasteiger partial charge < -0.3 is 14.6 Å². The summed E-state index contributed by atoms with van der Waals surface area (Å²) in [5.41, 5.74) is 0.757. The van der Waals surface area contributed by atoms with Gasteiger partial charge in [0, 0.05) is 31.0 Å². The molecule has 1 N–H and O–H groups in total. The Labute approximate surface area is 140 Å². The van der Waals surface area contributed by atoms with Gasteiger partial charge in [-0.25, -0.2) is 0 Å². The molecule has 1 saturated heterocycles. The summed E-state index contributed by atoms with van der Waals surface area (Å²) in [5.74, 6) is 0.965. The van der Waals surface area contributed by atoms with Gasteiger partial charge in [0.1, 0.15) is 0 Å². The molecule has 130 valence electrons. The van der Waals surface area contributed by atoms with Crippen LogP contribution in [0.2, 0.25) is 0 Å². The molecular weight excluding hydrogens is 288 g/mol. The van der Waals surface area contributed by atoms with Crippen LogP contribution in [0, 0.1) is 11.8 Å². The third-order valence-electron chi connectivity index (χ3n) is 4.80. The molecule has 1 amide bonds. The molecule has 1 atom stereocenters. The number of hydrogen-bond donors (Lipinski definition) is 1. The van der Waals surface area contributed by atoms with Gasteiger partial charge in [-0.3, -0.25) is 4.79 Å². The van der Waals surface area contributed by atoms with Gasteiger partial charge in [0.05, 0.1) is 11.7 Å². The van der Waals surface area contributed by atoms with Crippen LogP contribution in [0.15, 0.2) is 18.5 Å². The quantitative estimate of drug-likeness (QED) is 0.923. The second kappa shape index (κ2) is 7.08. The number of carbonyl (C=O) groups is 1. The number of aliphatic hydroxyl groups excluding tert-OH is 1. The third kappa shape index (κ3) is 4.60. The Morgan fingerprint density at radius 3 is 2.39 bits per heavy atom. The summed E-state index contributed by atoms with van der Waals surface area (Å²) in [4.78, 5) is 14.6. The van der Waals surface area contributed by atoms with Crippen molar-refractivity contribution in [3.05, 3.63) is 24.0 Å². The number of piperidine rings is 1.